The van der Waals surface area contributed by atoms with E-state index in [1.807, 2.05) is 0 Å². The minimum absolute atomic E-state index is 0.0133. The van der Waals surface area contributed by atoms with Gasteiger partial charge in [-0.25, -0.2) is 0 Å². The van der Waals surface area contributed by atoms with Crippen LogP contribution in [0.4, 0.5) is 11.4 Å². The van der Waals surface area contributed by atoms with E-state index in [0.29, 0.717) is 0 Å². The minimum Gasteiger partial charge on any atom is -0.545 e. The summed E-state index contributed by atoms with van der Waals surface area (Å²) >= 11 is 0. The summed E-state index contributed by atoms with van der Waals surface area (Å²) < 4.78 is 0. The molecule has 0 atom stereocenters. The number of nitrogens with zero attached hydrogens (tertiary/aromatic N) is 1. The van der Waals surface area contributed by atoms with E-state index in [2.05, 4.69) is 5.32 Å². The lowest BCUT2D eigenvalue weighted by Crippen LogP contribution is -2.26. The van der Waals surface area contributed by atoms with Crippen LogP contribution in [-0.4, -0.2) is 16.8 Å². The normalized spacial score (nSPS) is 9.90. The minimum atomic E-state index is -1.50. The molecule has 1 amide bonds. The van der Waals surface area contributed by atoms with Gasteiger partial charge in [-0.15, -0.1) is 0 Å². The maximum atomic E-state index is 12.1. The van der Waals surface area contributed by atoms with Crippen LogP contribution in [0.15, 0.2) is 48.5 Å². The Morgan fingerprint density at radius 2 is 1.52 bits per heavy atom. The molecular weight excluding hydrogens is 276 g/mol. The van der Waals surface area contributed by atoms with Crippen molar-refractivity contribution < 1.29 is 19.6 Å². The Morgan fingerprint density at radius 1 is 0.952 bits per heavy atom. The molecule has 2 aromatic carbocycles. The molecule has 7 nitrogen and oxygen atoms in total. The topological polar surface area (TPSA) is 112 Å². The molecule has 1 N–H and O–H groups in total. The molecule has 0 fully saturated rings. The van der Waals surface area contributed by atoms with Gasteiger partial charge in [0.25, 0.3) is 11.6 Å². The Kier molecular flexibility index (Phi) is 3.94. The second-order valence-corrected chi connectivity index (χ2v) is 4.06. The number of hydrogen-bond donors (Lipinski definition) is 1. The fourth-order valence-corrected chi connectivity index (χ4v) is 1.79. The Labute approximate surface area is 119 Å². The number of carboxylic acids is 1. The van der Waals surface area contributed by atoms with E-state index >= 15 is 0 Å². The van der Waals surface area contributed by atoms with Crippen molar-refractivity contribution in [3.63, 3.8) is 0 Å². The van der Waals surface area contributed by atoms with Crippen molar-refractivity contribution in [2.45, 2.75) is 0 Å². The smallest absolute Gasteiger partial charge is 0.292 e. The van der Waals surface area contributed by atoms with Crippen LogP contribution in [-0.2, 0) is 0 Å². The van der Waals surface area contributed by atoms with Gasteiger partial charge in [0, 0.05) is 17.2 Å². The summed E-state index contributed by atoms with van der Waals surface area (Å²) in [5, 5.41) is 24.2. The summed E-state index contributed by atoms with van der Waals surface area (Å²) in [7, 11) is 0. The number of benzene rings is 2. The summed E-state index contributed by atoms with van der Waals surface area (Å²) in [5.41, 5.74) is -0.707. The zero-order chi connectivity index (χ0) is 15.4. The number of anilines is 1. The number of aromatic carboxylic acids is 1. The van der Waals surface area contributed by atoms with Gasteiger partial charge in [-0.3, -0.25) is 14.9 Å². The Hall–Kier alpha value is -3.22. The molecule has 2 rings (SSSR count). The second kappa shape index (κ2) is 5.83. The van der Waals surface area contributed by atoms with Crippen molar-refractivity contribution >= 4 is 23.3 Å². The van der Waals surface area contributed by atoms with E-state index in [1.54, 1.807) is 0 Å². The third kappa shape index (κ3) is 3.03. The maximum absolute atomic E-state index is 12.1. The van der Waals surface area contributed by atoms with Gasteiger partial charge < -0.3 is 15.2 Å². The van der Waals surface area contributed by atoms with Crippen LogP contribution >= 0.6 is 0 Å². The molecule has 0 aliphatic heterocycles. The summed E-state index contributed by atoms with van der Waals surface area (Å²) in [6, 6.07) is 11.0. The number of amides is 1. The van der Waals surface area contributed by atoms with Gasteiger partial charge in [-0.1, -0.05) is 30.3 Å². The van der Waals surface area contributed by atoms with Crippen molar-refractivity contribution in [3.8, 4) is 0 Å². The highest BCUT2D eigenvalue weighted by Crippen LogP contribution is 2.24. The average molecular weight is 285 g/mol. The van der Waals surface area contributed by atoms with E-state index in [4.69, 9.17) is 0 Å². The SMILES string of the molecule is O=C([O-])c1ccccc1C(=O)Nc1ccccc1[N+](=O)[O-]. The van der Waals surface area contributed by atoms with Gasteiger partial charge in [-0.05, 0) is 12.1 Å². The van der Waals surface area contributed by atoms with Crippen molar-refractivity contribution in [3.05, 3.63) is 69.8 Å². The van der Waals surface area contributed by atoms with Crippen molar-refractivity contribution in [2.24, 2.45) is 0 Å². The van der Waals surface area contributed by atoms with E-state index in [0.717, 1.165) is 0 Å². The Morgan fingerprint density at radius 3 is 2.14 bits per heavy atom. The van der Waals surface area contributed by atoms with Crippen LogP contribution < -0.4 is 10.4 Å². The molecular formula is C14H9N2O5-. The zero-order valence-electron chi connectivity index (χ0n) is 10.6. The summed E-state index contributed by atoms with van der Waals surface area (Å²) in [6.07, 6.45) is 0. The monoisotopic (exact) mass is 285 g/mol. The number of carbonyl (C=O) groups excluding carboxylic acids is 2. The Bertz CT molecular complexity index is 727. The highest BCUT2D eigenvalue weighted by Gasteiger charge is 2.17. The van der Waals surface area contributed by atoms with Gasteiger partial charge in [0.1, 0.15) is 5.69 Å². The van der Waals surface area contributed by atoms with Crippen molar-refractivity contribution in [2.75, 3.05) is 5.32 Å². The van der Waals surface area contributed by atoms with Crippen LogP contribution in [0.5, 0.6) is 0 Å². The van der Waals surface area contributed by atoms with Gasteiger partial charge in [0.05, 0.1) is 10.9 Å². The third-order valence-corrected chi connectivity index (χ3v) is 2.74. The Balaban J connectivity index is 2.36. The largest absolute Gasteiger partial charge is 0.545 e. The molecule has 7 heteroatoms. The first kappa shape index (κ1) is 14.2. The van der Waals surface area contributed by atoms with Crippen LogP contribution in [0, 0.1) is 10.1 Å². The summed E-state index contributed by atoms with van der Waals surface area (Å²) in [6.45, 7) is 0. The first-order valence-corrected chi connectivity index (χ1v) is 5.86. The lowest BCUT2D eigenvalue weighted by atomic mass is 10.1. The molecule has 0 unspecified atom stereocenters. The lowest BCUT2D eigenvalue weighted by Gasteiger charge is -2.10. The number of carbonyl (C=O) groups is 2. The molecule has 0 aromatic heterocycles. The molecule has 0 radical (unpaired) electrons. The lowest BCUT2D eigenvalue weighted by molar-refractivity contribution is -0.383. The average Bonchev–Trinajstić information content (AvgIpc) is 2.47. The maximum Gasteiger partial charge on any atom is 0.292 e. The standard InChI is InChI=1S/C14H10N2O5/c17-13(9-5-1-2-6-10(9)14(18)19)15-11-7-3-4-8-12(11)16(20)21/h1-8H,(H,15,17)(H,18,19)/p-1. The number of nitro benzene ring substituents is 1. The van der Waals surface area contributed by atoms with Gasteiger partial charge in [0.2, 0.25) is 0 Å². The van der Waals surface area contributed by atoms with Crippen LogP contribution in [0.25, 0.3) is 0 Å². The number of hydrogen-bond acceptors (Lipinski definition) is 5. The summed E-state index contributed by atoms with van der Waals surface area (Å²) in [4.78, 5) is 33.3. The van der Waals surface area contributed by atoms with Crippen LogP contribution in [0.1, 0.15) is 20.7 Å². The van der Waals surface area contributed by atoms with E-state index in [9.17, 15) is 24.8 Å². The molecule has 0 saturated heterocycles. The quantitative estimate of drug-likeness (QED) is 0.670. The van der Waals surface area contributed by atoms with Crippen LogP contribution in [0.3, 0.4) is 0 Å². The van der Waals surface area contributed by atoms with Crippen molar-refractivity contribution in [1.82, 2.24) is 0 Å². The first-order chi connectivity index (χ1) is 10.0. The molecule has 0 heterocycles. The number of nitro groups is 1. The number of rotatable bonds is 4. The molecule has 0 saturated carbocycles. The third-order valence-electron chi connectivity index (χ3n) is 2.74. The van der Waals surface area contributed by atoms with E-state index in [-0.39, 0.29) is 22.5 Å². The molecule has 2 aromatic rings. The number of para-hydroxylation sites is 2. The predicted molar refractivity (Wildman–Crippen MR) is 71.8 cm³/mol. The second-order valence-electron chi connectivity index (χ2n) is 4.06. The molecule has 0 bridgehead atoms. The van der Waals surface area contributed by atoms with Crippen LogP contribution in [0.2, 0.25) is 0 Å². The van der Waals surface area contributed by atoms with E-state index < -0.39 is 16.8 Å². The number of carboxylic acid groups (broad SMARTS) is 1. The molecule has 0 spiro atoms. The first-order valence-electron chi connectivity index (χ1n) is 5.86. The highest BCUT2D eigenvalue weighted by molar-refractivity contribution is 6.11. The zero-order valence-corrected chi connectivity index (χ0v) is 10.6. The number of nitrogens with one attached hydrogen (secondary N) is 1. The fraction of sp³-hybridized carbons (Fsp3) is 0. The van der Waals surface area contributed by atoms with E-state index in [1.165, 1.54) is 48.5 Å². The van der Waals surface area contributed by atoms with Gasteiger partial charge >= 0.3 is 0 Å². The fourth-order valence-electron chi connectivity index (χ4n) is 1.79. The van der Waals surface area contributed by atoms with Gasteiger partial charge in [0.15, 0.2) is 0 Å². The molecule has 0 aliphatic rings. The molecule has 106 valence electrons. The molecule has 0 aliphatic carbocycles. The highest BCUT2D eigenvalue weighted by atomic mass is 16.6. The predicted octanol–water partition coefficient (Wildman–Crippen LogP) is 1.21. The molecule has 21 heavy (non-hydrogen) atoms. The summed E-state index contributed by atoms with van der Waals surface area (Å²) in [5.74, 6) is -2.26. The van der Waals surface area contributed by atoms with Crippen molar-refractivity contribution in [1.29, 1.82) is 0 Å². The van der Waals surface area contributed by atoms with Gasteiger partial charge in [-0.2, -0.15) is 0 Å².